The van der Waals surface area contributed by atoms with Gasteiger partial charge in [0, 0.05) is 26.7 Å². The molecule has 0 unspecified atom stereocenters. The highest BCUT2D eigenvalue weighted by atomic mass is 35.5. The van der Waals surface area contributed by atoms with E-state index in [0.29, 0.717) is 21.4 Å². The number of hydrogen-bond acceptors (Lipinski definition) is 4. The highest BCUT2D eigenvalue weighted by molar-refractivity contribution is 6.31. The molecule has 4 rings (SSSR count). The van der Waals surface area contributed by atoms with Crippen molar-refractivity contribution >= 4 is 41.1 Å². The Balaban J connectivity index is 1.63. The SMILES string of the molecule is O=C1OC(c2ccccc2)=NC1=Cc1cc(Cl)ccc1OCc1ccccc1Cl. The van der Waals surface area contributed by atoms with E-state index in [4.69, 9.17) is 32.7 Å². The van der Waals surface area contributed by atoms with Crippen molar-refractivity contribution in [3.63, 3.8) is 0 Å². The van der Waals surface area contributed by atoms with Crippen LogP contribution in [0, 0.1) is 0 Å². The van der Waals surface area contributed by atoms with Gasteiger partial charge in [0.2, 0.25) is 5.90 Å². The molecule has 1 aliphatic rings. The number of ether oxygens (including phenoxy) is 2. The Kier molecular flexibility index (Phi) is 5.65. The van der Waals surface area contributed by atoms with Gasteiger partial charge in [0.25, 0.3) is 0 Å². The maximum Gasteiger partial charge on any atom is 0.363 e. The zero-order chi connectivity index (χ0) is 20.2. The minimum absolute atomic E-state index is 0.175. The number of nitrogens with zero attached hydrogens (tertiary/aromatic N) is 1. The first-order chi connectivity index (χ1) is 14.1. The average Bonchev–Trinajstić information content (AvgIpc) is 3.09. The lowest BCUT2D eigenvalue weighted by atomic mass is 10.1. The van der Waals surface area contributed by atoms with E-state index in [1.807, 2.05) is 48.5 Å². The highest BCUT2D eigenvalue weighted by Gasteiger charge is 2.24. The van der Waals surface area contributed by atoms with E-state index in [9.17, 15) is 4.79 Å². The van der Waals surface area contributed by atoms with Crippen molar-refractivity contribution in [2.45, 2.75) is 6.61 Å². The van der Waals surface area contributed by atoms with Crippen LogP contribution in [0.3, 0.4) is 0 Å². The molecule has 144 valence electrons. The van der Waals surface area contributed by atoms with Gasteiger partial charge in [-0.1, -0.05) is 59.6 Å². The molecule has 0 radical (unpaired) electrons. The second kappa shape index (κ2) is 8.52. The van der Waals surface area contributed by atoms with Crippen LogP contribution in [0.25, 0.3) is 6.08 Å². The van der Waals surface area contributed by atoms with Gasteiger partial charge in [0.05, 0.1) is 0 Å². The third-order valence-electron chi connectivity index (χ3n) is 4.25. The lowest BCUT2D eigenvalue weighted by molar-refractivity contribution is -0.129. The number of esters is 1. The van der Waals surface area contributed by atoms with Crippen LogP contribution >= 0.6 is 23.2 Å². The van der Waals surface area contributed by atoms with Crippen LogP contribution in [-0.4, -0.2) is 11.9 Å². The molecule has 29 heavy (non-hydrogen) atoms. The summed E-state index contributed by atoms with van der Waals surface area (Å²) >= 11 is 12.3. The summed E-state index contributed by atoms with van der Waals surface area (Å²) in [6.45, 7) is 0.278. The molecule has 0 fully saturated rings. The molecule has 0 saturated heterocycles. The molecule has 6 heteroatoms. The van der Waals surface area contributed by atoms with Crippen molar-refractivity contribution in [1.29, 1.82) is 0 Å². The number of benzene rings is 3. The lowest BCUT2D eigenvalue weighted by Gasteiger charge is -2.11. The summed E-state index contributed by atoms with van der Waals surface area (Å²) in [6.07, 6.45) is 1.60. The first-order valence-corrected chi connectivity index (χ1v) is 9.59. The zero-order valence-electron chi connectivity index (χ0n) is 15.1. The van der Waals surface area contributed by atoms with Gasteiger partial charge in [-0.15, -0.1) is 0 Å². The molecule has 1 aliphatic heterocycles. The van der Waals surface area contributed by atoms with Crippen LogP contribution in [-0.2, 0) is 16.1 Å². The van der Waals surface area contributed by atoms with Crippen molar-refractivity contribution in [2.75, 3.05) is 0 Å². The van der Waals surface area contributed by atoms with E-state index in [0.717, 1.165) is 11.1 Å². The third kappa shape index (κ3) is 4.50. The van der Waals surface area contributed by atoms with Crippen molar-refractivity contribution < 1.29 is 14.3 Å². The van der Waals surface area contributed by atoms with Crippen molar-refractivity contribution in [3.8, 4) is 5.75 Å². The van der Waals surface area contributed by atoms with Crippen LogP contribution in [0.5, 0.6) is 5.75 Å². The fraction of sp³-hybridized carbons (Fsp3) is 0.0435. The van der Waals surface area contributed by atoms with Crippen LogP contribution in [0.15, 0.2) is 83.5 Å². The standard InChI is InChI=1S/C23H15Cl2NO3/c24-18-10-11-21(28-14-16-8-4-5-9-19(16)25)17(12-18)13-20-23(27)29-22(26-20)15-6-2-1-3-7-15/h1-13H,14H2. The Morgan fingerprint density at radius 3 is 2.52 bits per heavy atom. The summed E-state index contributed by atoms with van der Waals surface area (Å²) in [5.41, 5.74) is 2.38. The molecule has 0 aliphatic carbocycles. The molecule has 0 atom stereocenters. The van der Waals surface area contributed by atoms with E-state index in [2.05, 4.69) is 4.99 Å². The van der Waals surface area contributed by atoms with Gasteiger partial charge >= 0.3 is 5.97 Å². The van der Waals surface area contributed by atoms with E-state index in [1.54, 1.807) is 30.3 Å². The summed E-state index contributed by atoms with van der Waals surface area (Å²) in [5, 5.41) is 1.14. The first kappa shape index (κ1) is 19.2. The van der Waals surface area contributed by atoms with Gasteiger partial charge in [0.15, 0.2) is 5.70 Å². The number of carbonyl (C=O) groups is 1. The molecule has 3 aromatic rings. The van der Waals surface area contributed by atoms with Crippen molar-refractivity contribution in [1.82, 2.24) is 0 Å². The molecule has 4 nitrogen and oxygen atoms in total. The smallest absolute Gasteiger partial charge is 0.363 e. The number of halogens is 2. The number of rotatable bonds is 5. The molecular weight excluding hydrogens is 409 g/mol. The van der Waals surface area contributed by atoms with Gasteiger partial charge in [-0.2, -0.15) is 0 Å². The predicted molar refractivity (Wildman–Crippen MR) is 114 cm³/mol. The summed E-state index contributed by atoms with van der Waals surface area (Å²) in [7, 11) is 0. The molecule has 0 N–H and O–H groups in total. The van der Waals surface area contributed by atoms with Crippen molar-refractivity contribution in [3.05, 3.63) is 105 Å². The molecule has 0 spiro atoms. The minimum atomic E-state index is -0.527. The average molecular weight is 424 g/mol. The maximum atomic E-state index is 12.3. The molecule has 0 aromatic heterocycles. The zero-order valence-corrected chi connectivity index (χ0v) is 16.7. The first-order valence-electron chi connectivity index (χ1n) is 8.84. The van der Waals surface area contributed by atoms with Crippen LogP contribution in [0.1, 0.15) is 16.7 Å². The Morgan fingerprint density at radius 1 is 0.966 bits per heavy atom. The van der Waals surface area contributed by atoms with Gasteiger partial charge in [-0.3, -0.25) is 0 Å². The number of aliphatic imine (C=N–C) groups is 1. The van der Waals surface area contributed by atoms with Crippen LogP contribution < -0.4 is 4.74 Å². The summed E-state index contributed by atoms with van der Waals surface area (Å²) in [4.78, 5) is 16.6. The molecule has 3 aromatic carbocycles. The fourth-order valence-electron chi connectivity index (χ4n) is 2.80. The second-order valence-corrected chi connectivity index (χ2v) is 7.11. The molecule has 0 amide bonds. The summed E-state index contributed by atoms with van der Waals surface area (Å²) in [5.74, 6) is 0.293. The fourth-order valence-corrected chi connectivity index (χ4v) is 3.17. The summed E-state index contributed by atoms with van der Waals surface area (Å²) in [6, 6.07) is 21.9. The van der Waals surface area contributed by atoms with Gasteiger partial charge in [-0.25, -0.2) is 9.79 Å². The maximum absolute atomic E-state index is 12.3. The highest BCUT2D eigenvalue weighted by Crippen LogP contribution is 2.29. The molecule has 0 bridgehead atoms. The number of carbonyl (C=O) groups excluding carboxylic acids is 1. The van der Waals surface area contributed by atoms with E-state index in [1.165, 1.54) is 0 Å². The third-order valence-corrected chi connectivity index (χ3v) is 4.85. The number of hydrogen-bond donors (Lipinski definition) is 0. The Bertz CT molecular complexity index is 1120. The van der Waals surface area contributed by atoms with Crippen molar-refractivity contribution in [2.24, 2.45) is 4.99 Å². The van der Waals surface area contributed by atoms with Crippen LogP contribution in [0.4, 0.5) is 0 Å². The Labute approximate surface area is 178 Å². The second-order valence-electron chi connectivity index (χ2n) is 6.26. The van der Waals surface area contributed by atoms with E-state index in [-0.39, 0.29) is 18.2 Å². The van der Waals surface area contributed by atoms with Crippen LogP contribution in [0.2, 0.25) is 10.0 Å². The predicted octanol–water partition coefficient (Wildman–Crippen LogP) is 5.92. The molecule has 1 heterocycles. The van der Waals surface area contributed by atoms with Gasteiger partial charge in [0.1, 0.15) is 12.4 Å². The monoisotopic (exact) mass is 423 g/mol. The van der Waals surface area contributed by atoms with Gasteiger partial charge in [-0.05, 0) is 42.5 Å². The number of cyclic esters (lactones) is 1. The minimum Gasteiger partial charge on any atom is -0.488 e. The largest absolute Gasteiger partial charge is 0.488 e. The molecule has 0 saturated carbocycles. The molecular formula is C23H15Cl2NO3. The Morgan fingerprint density at radius 2 is 1.72 bits per heavy atom. The normalized spacial score (nSPS) is 14.6. The van der Waals surface area contributed by atoms with Gasteiger partial charge < -0.3 is 9.47 Å². The van der Waals surface area contributed by atoms with E-state index >= 15 is 0 Å². The van der Waals surface area contributed by atoms with E-state index < -0.39 is 5.97 Å². The Hall–Kier alpha value is -3.08. The lowest BCUT2D eigenvalue weighted by Crippen LogP contribution is -2.05. The summed E-state index contributed by atoms with van der Waals surface area (Å²) < 4.78 is 11.2. The quantitative estimate of drug-likeness (QED) is 0.378. The topological polar surface area (TPSA) is 47.9 Å².